The number of non-ortho nitro benzene ring substituents is 1. The zero-order valence-corrected chi connectivity index (χ0v) is 19.4. The van der Waals surface area contributed by atoms with Crippen LogP contribution in [-0.2, 0) is 28.6 Å². The quantitative estimate of drug-likeness (QED) is 0.235. The lowest BCUT2D eigenvalue weighted by molar-refractivity contribution is -0.384. The van der Waals surface area contributed by atoms with E-state index in [1.165, 1.54) is 23.1 Å². The number of esters is 3. The summed E-state index contributed by atoms with van der Waals surface area (Å²) in [5.41, 5.74) is 1.20. The standard InChI is InChI=1S/C23H28N2O8/c1-6-18(26)33-13-24-14(4)19(22(27)31-7-2)21(20(15(24)5)23(28)32-8-3)16-10-9-11-17(12-16)25(29)30/h9-12,21H,6-8,13H2,1-5H3. The summed E-state index contributed by atoms with van der Waals surface area (Å²) < 4.78 is 15.8. The van der Waals surface area contributed by atoms with Gasteiger partial charge in [0.1, 0.15) is 0 Å². The Morgan fingerprint density at radius 1 is 0.970 bits per heavy atom. The van der Waals surface area contributed by atoms with Crippen LogP contribution in [0.2, 0.25) is 0 Å². The van der Waals surface area contributed by atoms with Gasteiger partial charge < -0.3 is 19.1 Å². The number of nitrogens with zero attached hydrogens (tertiary/aromatic N) is 2. The Morgan fingerprint density at radius 3 is 1.97 bits per heavy atom. The van der Waals surface area contributed by atoms with Crippen LogP contribution in [0.1, 0.15) is 52.5 Å². The largest absolute Gasteiger partial charge is 0.463 e. The molecule has 1 heterocycles. The van der Waals surface area contributed by atoms with Gasteiger partial charge in [-0.15, -0.1) is 0 Å². The third kappa shape index (κ3) is 5.57. The first kappa shape index (κ1) is 25.6. The van der Waals surface area contributed by atoms with Crippen LogP contribution in [0, 0.1) is 10.1 Å². The van der Waals surface area contributed by atoms with Gasteiger partial charge in [-0.2, -0.15) is 0 Å². The summed E-state index contributed by atoms with van der Waals surface area (Å²) in [5.74, 6) is -2.80. The lowest BCUT2D eigenvalue weighted by Crippen LogP contribution is -2.37. The van der Waals surface area contributed by atoms with E-state index in [2.05, 4.69) is 0 Å². The molecule has 0 fully saturated rings. The summed E-state index contributed by atoms with van der Waals surface area (Å²) in [6.07, 6.45) is 0.158. The molecule has 2 rings (SSSR count). The lowest BCUT2D eigenvalue weighted by atomic mass is 9.79. The molecule has 0 spiro atoms. The summed E-state index contributed by atoms with van der Waals surface area (Å²) in [4.78, 5) is 50.2. The van der Waals surface area contributed by atoms with Gasteiger partial charge in [0.2, 0.25) is 0 Å². The fourth-order valence-electron chi connectivity index (χ4n) is 3.64. The van der Waals surface area contributed by atoms with E-state index in [0.717, 1.165) is 0 Å². The van der Waals surface area contributed by atoms with Gasteiger partial charge in [0.25, 0.3) is 5.69 Å². The van der Waals surface area contributed by atoms with Crippen LogP contribution in [0.15, 0.2) is 46.8 Å². The molecule has 1 aliphatic heterocycles. The normalized spacial score (nSPS) is 14.3. The second-order valence-corrected chi connectivity index (χ2v) is 7.15. The molecule has 0 N–H and O–H groups in total. The zero-order valence-electron chi connectivity index (χ0n) is 19.4. The summed E-state index contributed by atoms with van der Waals surface area (Å²) in [6, 6.07) is 5.73. The Kier molecular flexibility index (Phi) is 8.72. The molecule has 0 saturated carbocycles. The highest BCUT2D eigenvalue weighted by Crippen LogP contribution is 2.43. The van der Waals surface area contributed by atoms with Crippen molar-refractivity contribution in [1.29, 1.82) is 0 Å². The summed E-state index contributed by atoms with van der Waals surface area (Å²) >= 11 is 0. The Bertz CT molecular complexity index is 969. The Morgan fingerprint density at radius 2 is 1.52 bits per heavy atom. The molecule has 33 heavy (non-hydrogen) atoms. The minimum atomic E-state index is -0.971. The number of carbonyl (C=O) groups excluding carboxylic acids is 3. The predicted molar refractivity (Wildman–Crippen MR) is 118 cm³/mol. The van der Waals surface area contributed by atoms with Crippen molar-refractivity contribution in [3.8, 4) is 0 Å². The Balaban J connectivity index is 2.77. The van der Waals surface area contributed by atoms with E-state index in [9.17, 15) is 24.5 Å². The highest BCUT2D eigenvalue weighted by molar-refractivity contribution is 6.00. The molecule has 0 amide bonds. The van der Waals surface area contributed by atoms with E-state index in [-0.39, 0.29) is 43.2 Å². The average Bonchev–Trinajstić information content (AvgIpc) is 2.78. The Hall–Kier alpha value is -3.69. The van der Waals surface area contributed by atoms with Crippen molar-refractivity contribution in [3.05, 3.63) is 62.5 Å². The maximum Gasteiger partial charge on any atom is 0.336 e. The molecular weight excluding hydrogens is 432 g/mol. The van der Waals surface area contributed by atoms with Crippen molar-refractivity contribution >= 4 is 23.6 Å². The zero-order chi connectivity index (χ0) is 24.7. The monoisotopic (exact) mass is 460 g/mol. The summed E-state index contributed by atoms with van der Waals surface area (Å²) in [6.45, 7) is 8.16. The average molecular weight is 460 g/mol. The molecule has 0 aromatic heterocycles. The summed E-state index contributed by atoms with van der Waals surface area (Å²) in [5, 5.41) is 11.4. The second kappa shape index (κ2) is 11.3. The number of nitro benzene ring substituents is 1. The first-order chi connectivity index (χ1) is 15.7. The maximum atomic E-state index is 13.1. The molecule has 0 bridgehead atoms. The molecule has 0 unspecified atom stereocenters. The Labute approximate surface area is 191 Å². The predicted octanol–water partition coefficient (Wildman–Crippen LogP) is 3.58. The molecule has 178 valence electrons. The van der Waals surface area contributed by atoms with Crippen LogP contribution >= 0.6 is 0 Å². The first-order valence-corrected chi connectivity index (χ1v) is 10.6. The van der Waals surface area contributed by atoms with Crippen molar-refractivity contribution in [2.24, 2.45) is 0 Å². The van der Waals surface area contributed by atoms with E-state index < -0.39 is 28.7 Å². The van der Waals surface area contributed by atoms with Gasteiger partial charge in [-0.25, -0.2) is 9.59 Å². The van der Waals surface area contributed by atoms with Crippen LogP contribution in [-0.4, -0.2) is 47.7 Å². The van der Waals surface area contributed by atoms with Crippen molar-refractivity contribution in [1.82, 2.24) is 4.90 Å². The highest BCUT2D eigenvalue weighted by atomic mass is 16.6. The van der Waals surface area contributed by atoms with Crippen LogP contribution < -0.4 is 0 Å². The number of benzene rings is 1. The van der Waals surface area contributed by atoms with Crippen LogP contribution in [0.5, 0.6) is 0 Å². The van der Waals surface area contributed by atoms with Gasteiger partial charge in [-0.05, 0) is 33.3 Å². The van der Waals surface area contributed by atoms with E-state index >= 15 is 0 Å². The van der Waals surface area contributed by atoms with Gasteiger partial charge >= 0.3 is 17.9 Å². The fraction of sp³-hybridized carbons (Fsp3) is 0.435. The van der Waals surface area contributed by atoms with Gasteiger partial charge in [0.15, 0.2) is 6.73 Å². The molecule has 10 nitrogen and oxygen atoms in total. The van der Waals surface area contributed by atoms with Gasteiger partial charge in [0, 0.05) is 29.9 Å². The number of nitro groups is 1. The van der Waals surface area contributed by atoms with Crippen molar-refractivity contribution in [2.45, 2.75) is 47.0 Å². The first-order valence-electron chi connectivity index (χ1n) is 10.6. The van der Waals surface area contributed by atoms with E-state index in [1.807, 2.05) is 0 Å². The number of rotatable bonds is 9. The molecule has 1 aliphatic rings. The minimum Gasteiger partial charge on any atom is -0.463 e. The fourth-order valence-corrected chi connectivity index (χ4v) is 3.64. The van der Waals surface area contributed by atoms with Crippen LogP contribution in [0.25, 0.3) is 0 Å². The van der Waals surface area contributed by atoms with E-state index in [4.69, 9.17) is 14.2 Å². The topological polar surface area (TPSA) is 125 Å². The van der Waals surface area contributed by atoms with Crippen LogP contribution in [0.3, 0.4) is 0 Å². The number of hydrogen-bond acceptors (Lipinski definition) is 9. The molecular formula is C23H28N2O8. The summed E-state index contributed by atoms with van der Waals surface area (Å²) in [7, 11) is 0. The number of ether oxygens (including phenoxy) is 3. The second-order valence-electron chi connectivity index (χ2n) is 7.15. The molecule has 1 aromatic rings. The SMILES string of the molecule is CCOC(=O)C1=C(C)N(COC(=O)CC)C(C)=C(C(=O)OCC)C1c1cccc([N+](=O)[O-])c1. The molecule has 10 heteroatoms. The third-order valence-electron chi connectivity index (χ3n) is 5.22. The highest BCUT2D eigenvalue weighted by Gasteiger charge is 2.41. The molecule has 0 radical (unpaired) electrons. The van der Waals surface area contributed by atoms with Crippen molar-refractivity contribution in [2.75, 3.05) is 19.9 Å². The molecule has 1 aromatic carbocycles. The minimum absolute atomic E-state index is 0.0829. The van der Waals surface area contributed by atoms with Crippen LogP contribution in [0.4, 0.5) is 5.69 Å². The molecule has 0 atom stereocenters. The number of hydrogen-bond donors (Lipinski definition) is 0. The van der Waals surface area contributed by atoms with E-state index in [0.29, 0.717) is 17.0 Å². The van der Waals surface area contributed by atoms with Crippen molar-refractivity contribution in [3.63, 3.8) is 0 Å². The molecule has 0 aliphatic carbocycles. The van der Waals surface area contributed by atoms with Gasteiger partial charge in [-0.1, -0.05) is 19.1 Å². The third-order valence-corrected chi connectivity index (χ3v) is 5.22. The number of carbonyl (C=O) groups is 3. The van der Waals surface area contributed by atoms with Gasteiger partial charge in [0.05, 0.1) is 35.2 Å². The smallest absolute Gasteiger partial charge is 0.336 e. The van der Waals surface area contributed by atoms with Gasteiger partial charge in [-0.3, -0.25) is 14.9 Å². The molecule has 0 saturated heterocycles. The lowest BCUT2D eigenvalue weighted by Gasteiger charge is -2.37. The maximum absolute atomic E-state index is 13.1. The number of allylic oxidation sites excluding steroid dienone is 2. The van der Waals surface area contributed by atoms with E-state index in [1.54, 1.807) is 40.7 Å². The van der Waals surface area contributed by atoms with Crippen molar-refractivity contribution < 1.29 is 33.5 Å².